The second-order valence-electron chi connectivity index (χ2n) is 12.0. The standard InChI is InChI=1S/C36H43FN6O3/c1-8-10-26-13-16-31(32(17-26)45-7)46-35-28(34(44)40-33-22(2)11-9-12-23(33)3)19-38-36(41-35)39-27-14-15-30(29(37)18-27)43-20-24(4)42(6)25(5)21-43/h9,11-19,24-25H,8,10,20-21H2,1-7H3,(H,40,44)(H,38,39,41). The predicted octanol–water partition coefficient (Wildman–Crippen LogP) is 7.51. The number of carbonyl (C=O) groups is 1. The Morgan fingerprint density at radius 2 is 1.74 bits per heavy atom. The molecule has 242 valence electrons. The molecule has 46 heavy (non-hydrogen) atoms. The van der Waals surface area contributed by atoms with Crippen molar-refractivity contribution in [2.24, 2.45) is 0 Å². The Morgan fingerprint density at radius 3 is 2.39 bits per heavy atom. The van der Waals surface area contributed by atoms with Gasteiger partial charge in [-0.25, -0.2) is 9.37 Å². The number of likely N-dealkylation sites (N-methyl/N-ethyl adjacent to an activating group) is 1. The highest BCUT2D eigenvalue weighted by Gasteiger charge is 2.28. The first-order chi connectivity index (χ1) is 22.1. The summed E-state index contributed by atoms with van der Waals surface area (Å²) in [4.78, 5) is 27.0. The lowest BCUT2D eigenvalue weighted by Crippen LogP contribution is -2.55. The SMILES string of the molecule is CCCc1ccc(Oc2nc(Nc3ccc(N4CC(C)N(C)C(C)C4)c(F)c3)ncc2C(=O)Nc2c(C)cccc2C)c(OC)c1. The van der Waals surface area contributed by atoms with Gasteiger partial charge < -0.3 is 25.0 Å². The molecule has 1 amide bonds. The van der Waals surface area contributed by atoms with Crippen LogP contribution < -0.4 is 25.0 Å². The van der Waals surface area contributed by atoms with Gasteiger partial charge in [0.25, 0.3) is 5.91 Å². The van der Waals surface area contributed by atoms with E-state index >= 15 is 4.39 Å². The van der Waals surface area contributed by atoms with Gasteiger partial charge in [-0.3, -0.25) is 9.69 Å². The molecule has 0 spiro atoms. The van der Waals surface area contributed by atoms with Gasteiger partial charge >= 0.3 is 0 Å². The minimum atomic E-state index is -0.424. The maximum Gasteiger partial charge on any atom is 0.262 e. The number of nitrogens with zero attached hydrogens (tertiary/aromatic N) is 4. The normalized spacial score (nSPS) is 16.7. The summed E-state index contributed by atoms with van der Waals surface area (Å²) in [5.74, 6) is 0.331. The number of ether oxygens (including phenoxy) is 2. The van der Waals surface area contributed by atoms with Crippen LogP contribution in [-0.4, -0.2) is 60.1 Å². The second-order valence-corrected chi connectivity index (χ2v) is 12.0. The molecule has 4 aromatic rings. The topological polar surface area (TPSA) is 91.9 Å². The number of hydrogen-bond acceptors (Lipinski definition) is 8. The Kier molecular flexibility index (Phi) is 10.1. The monoisotopic (exact) mass is 626 g/mol. The van der Waals surface area contributed by atoms with Crippen molar-refractivity contribution >= 4 is 28.9 Å². The van der Waals surface area contributed by atoms with E-state index in [1.54, 1.807) is 25.3 Å². The van der Waals surface area contributed by atoms with E-state index in [9.17, 15) is 4.79 Å². The molecule has 2 atom stereocenters. The summed E-state index contributed by atoms with van der Waals surface area (Å²) in [6.07, 6.45) is 3.29. The molecule has 3 aromatic carbocycles. The quantitative estimate of drug-likeness (QED) is 0.187. The molecule has 0 radical (unpaired) electrons. The zero-order valence-corrected chi connectivity index (χ0v) is 27.6. The number of aromatic nitrogens is 2. The van der Waals surface area contributed by atoms with Crippen LogP contribution in [0.2, 0.25) is 0 Å². The fourth-order valence-corrected chi connectivity index (χ4v) is 5.77. The molecule has 0 aliphatic carbocycles. The number of rotatable bonds is 10. The van der Waals surface area contributed by atoms with Gasteiger partial charge in [0.05, 0.1) is 12.8 Å². The Balaban J connectivity index is 1.45. The van der Waals surface area contributed by atoms with E-state index in [2.05, 4.69) is 58.2 Å². The number of aryl methyl sites for hydroxylation is 3. The summed E-state index contributed by atoms with van der Waals surface area (Å²) in [7, 11) is 3.67. The van der Waals surface area contributed by atoms with E-state index < -0.39 is 5.91 Å². The molecule has 0 bridgehead atoms. The lowest BCUT2D eigenvalue weighted by atomic mass is 10.1. The van der Waals surface area contributed by atoms with Crippen molar-refractivity contribution in [3.8, 4) is 17.4 Å². The number of para-hydroxylation sites is 1. The molecular weight excluding hydrogens is 583 g/mol. The van der Waals surface area contributed by atoms with Crippen LogP contribution in [-0.2, 0) is 6.42 Å². The first-order valence-corrected chi connectivity index (χ1v) is 15.7. The highest BCUT2D eigenvalue weighted by molar-refractivity contribution is 6.06. The van der Waals surface area contributed by atoms with Crippen molar-refractivity contribution in [2.45, 2.75) is 59.5 Å². The molecule has 1 saturated heterocycles. The van der Waals surface area contributed by atoms with Gasteiger partial charge in [-0.15, -0.1) is 0 Å². The van der Waals surface area contributed by atoms with Crippen LogP contribution in [0.1, 0.15) is 54.2 Å². The van der Waals surface area contributed by atoms with E-state index in [1.165, 1.54) is 12.3 Å². The summed E-state index contributed by atoms with van der Waals surface area (Å²) < 4.78 is 27.3. The van der Waals surface area contributed by atoms with Gasteiger partial charge in [0.2, 0.25) is 11.8 Å². The van der Waals surface area contributed by atoms with Gasteiger partial charge in [0, 0.05) is 42.7 Å². The summed E-state index contributed by atoms with van der Waals surface area (Å²) in [5.41, 5.74) is 4.82. The number of nitrogens with one attached hydrogen (secondary N) is 2. The smallest absolute Gasteiger partial charge is 0.262 e. The molecule has 1 aromatic heterocycles. The molecule has 2 N–H and O–H groups in total. The largest absolute Gasteiger partial charge is 0.493 e. The van der Waals surface area contributed by atoms with E-state index in [-0.39, 0.29) is 23.2 Å². The number of hydrogen-bond donors (Lipinski definition) is 2. The number of carbonyl (C=O) groups excluding carboxylic acids is 1. The lowest BCUT2D eigenvalue weighted by molar-refractivity contribution is 0.102. The molecule has 1 fully saturated rings. The number of methoxy groups -OCH3 is 1. The van der Waals surface area contributed by atoms with Gasteiger partial charge in [-0.05, 0) is 88.2 Å². The Bertz CT molecular complexity index is 1680. The summed E-state index contributed by atoms with van der Waals surface area (Å²) in [5, 5.41) is 6.07. The predicted molar refractivity (Wildman–Crippen MR) is 182 cm³/mol. The van der Waals surface area contributed by atoms with Gasteiger partial charge in [-0.2, -0.15) is 4.98 Å². The molecule has 5 rings (SSSR count). The first kappa shape index (κ1) is 32.7. The van der Waals surface area contributed by atoms with Gasteiger partial charge in [0.15, 0.2) is 11.5 Å². The molecular formula is C36H43FN6O3. The fraction of sp³-hybridized carbons (Fsp3) is 0.361. The van der Waals surface area contributed by atoms with Crippen LogP contribution in [0.3, 0.4) is 0 Å². The van der Waals surface area contributed by atoms with E-state index in [1.807, 2.05) is 44.2 Å². The third kappa shape index (κ3) is 7.23. The van der Waals surface area contributed by atoms with Crippen molar-refractivity contribution in [2.75, 3.05) is 42.8 Å². The van der Waals surface area contributed by atoms with Crippen molar-refractivity contribution < 1.29 is 18.7 Å². The summed E-state index contributed by atoms with van der Waals surface area (Å²) >= 11 is 0. The van der Waals surface area contributed by atoms with Crippen LogP contribution in [0.4, 0.5) is 27.4 Å². The van der Waals surface area contributed by atoms with Crippen molar-refractivity contribution in [1.29, 1.82) is 0 Å². The minimum absolute atomic E-state index is 0.0280. The van der Waals surface area contributed by atoms with Crippen molar-refractivity contribution in [1.82, 2.24) is 14.9 Å². The van der Waals surface area contributed by atoms with Crippen LogP contribution >= 0.6 is 0 Å². The fourth-order valence-electron chi connectivity index (χ4n) is 5.77. The minimum Gasteiger partial charge on any atom is -0.493 e. The molecule has 9 nitrogen and oxygen atoms in total. The van der Waals surface area contributed by atoms with E-state index in [0.29, 0.717) is 40.6 Å². The zero-order chi connectivity index (χ0) is 33.0. The van der Waals surface area contributed by atoms with Crippen molar-refractivity contribution in [3.05, 3.63) is 88.9 Å². The first-order valence-electron chi connectivity index (χ1n) is 15.7. The van der Waals surface area contributed by atoms with Crippen LogP contribution in [0.5, 0.6) is 17.4 Å². The Morgan fingerprint density at radius 1 is 1.02 bits per heavy atom. The number of anilines is 4. The zero-order valence-electron chi connectivity index (χ0n) is 27.6. The van der Waals surface area contributed by atoms with Crippen LogP contribution in [0.15, 0.2) is 60.8 Å². The van der Waals surface area contributed by atoms with Gasteiger partial charge in [0.1, 0.15) is 11.4 Å². The van der Waals surface area contributed by atoms with Crippen LogP contribution in [0, 0.1) is 19.7 Å². The molecule has 2 heterocycles. The Labute approximate surface area is 270 Å². The highest BCUT2D eigenvalue weighted by Crippen LogP contribution is 2.35. The number of amides is 1. The molecule has 1 aliphatic heterocycles. The average molecular weight is 627 g/mol. The average Bonchev–Trinajstić information content (AvgIpc) is 3.02. The van der Waals surface area contributed by atoms with Crippen molar-refractivity contribution in [3.63, 3.8) is 0 Å². The maximum absolute atomic E-state index is 15.4. The van der Waals surface area contributed by atoms with Gasteiger partial charge in [-0.1, -0.05) is 37.6 Å². The van der Waals surface area contributed by atoms with E-state index in [0.717, 1.165) is 42.6 Å². The molecule has 10 heteroatoms. The highest BCUT2D eigenvalue weighted by atomic mass is 19.1. The molecule has 0 saturated carbocycles. The maximum atomic E-state index is 15.4. The third-order valence-corrected chi connectivity index (χ3v) is 8.60. The number of piperazine rings is 1. The molecule has 2 unspecified atom stereocenters. The van der Waals surface area contributed by atoms with E-state index in [4.69, 9.17) is 9.47 Å². The van der Waals surface area contributed by atoms with Crippen LogP contribution in [0.25, 0.3) is 0 Å². The Hall–Kier alpha value is -4.70. The molecule has 1 aliphatic rings. The second kappa shape index (κ2) is 14.2. The lowest BCUT2D eigenvalue weighted by Gasteiger charge is -2.43. The summed E-state index contributed by atoms with van der Waals surface area (Å²) in [6, 6.07) is 17.1. The third-order valence-electron chi connectivity index (χ3n) is 8.60. The summed E-state index contributed by atoms with van der Waals surface area (Å²) in [6.45, 7) is 11.7. The number of benzene rings is 3. The number of halogens is 1.